The Hall–Kier alpha value is -1.73. The molecule has 10 heteroatoms. The average molecular weight is 401 g/mol. The van der Waals surface area contributed by atoms with E-state index in [2.05, 4.69) is 10.1 Å². The van der Waals surface area contributed by atoms with Gasteiger partial charge < -0.3 is 13.9 Å². The number of anilines is 1. The van der Waals surface area contributed by atoms with E-state index in [1.165, 1.54) is 9.58 Å². The highest BCUT2D eigenvalue weighted by molar-refractivity contribution is 7.54. The van der Waals surface area contributed by atoms with Gasteiger partial charge >= 0.3 is 7.60 Å². The van der Waals surface area contributed by atoms with Gasteiger partial charge in [-0.25, -0.2) is 4.68 Å². The number of hydrogen-bond acceptors (Lipinski definition) is 6. The van der Waals surface area contributed by atoms with Crippen molar-refractivity contribution in [2.45, 2.75) is 20.8 Å². The fourth-order valence-electron chi connectivity index (χ4n) is 2.40. The summed E-state index contributed by atoms with van der Waals surface area (Å²) >= 11 is 6.23. The molecule has 2 aromatic heterocycles. The molecule has 26 heavy (non-hydrogen) atoms. The summed E-state index contributed by atoms with van der Waals surface area (Å²) in [4.78, 5) is 18.2. The van der Waals surface area contributed by atoms with Gasteiger partial charge in [-0.05, 0) is 32.9 Å². The maximum absolute atomic E-state index is 12.7. The number of hydrogen-bond donors (Lipinski definition) is 0. The predicted octanol–water partition coefficient (Wildman–Crippen LogP) is 3.54. The molecule has 1 amide bonds. The third-order valence-corrected chi connectivity index (χ3v) is 5.68. The molecule has 0 N–H and O–H groups in total. The Bertz CT molecular complexity index is 774. The van der Waals surface area contributed by atoms with Gasteiger partial charge in [0.05, 0.1) is 31.3 Å². The molecule has 0 fully saturated rings. The summed E-state index contributed by atoms with van der Waals surface area (Å²) in [6.45, 7) is 5.90. The molecule has 0 saturated heterocycles. The second-order valence-electron chi connectivity index (χ2n) is 5.20. The number of amides is 1. The minimum absolute atomic E-state index is 0.159. The Kier molecular flexibility index (Phi) is 7.34. The number of halogens is 1. The van der Waals surface area contributed by atoms with Crippen LogP contribution in [0.15, 0.2) is 30.7 Å². The van der Waals surface area contributed by atoms with Gasteiger partial charge in [-0.3, -0.25) is 14.3 Å². The van der Waals surface area contributed by atoms with Gasteiger partial charge in [0.25, 0.3) is 0 Å². The summed E-state index contributed by atoms with van der Waals surface area (Å²) in [5.74, 6) is -0.412. The van der Waals surface area contributed by atoms with Crippen molar-refractivity contribution in [1.29, 1.82) is 0 Å². The van der Waals surface area contributed by atoms with E-state index in [1.807, 2.05) is 6.07 Å². The molecule has 0 aliphatic heterocycles. The quantitative estimate of drug-likeness (QED) is 0.598. The molecule has 0 unspecified atom stereocenters. The van der Waals surface area contributed by atoms with Crippen LogP contribution in [0.5, 0.6) is 0 Å². The Balaban J connectivity index is 2.26. The van der Waals surface area contributed by atoms with Gasteiger partial charge in [-0.15, -0.1) is 0 Å². The van der Waals surface area contributed by atoms with Gasteiger partial charge in [-0.2, -0.15) is 5.10 Å². The highest BCUT2D eigenvalue weighted by Gasteiger charge is 2.31. The van der Waals surface area contributed by atoms with Crippen LogP contribution >= 0.6 is 19.2 Å². The second kappa shape index (κ2) is 9.28. The van der Waals surface area contributed by atoms with Crippen molar-refractivity contribution in [3.05, 3.63) is 35.9 Å². The molecule has 0 aliphatic carbocycles. The largest absolute Gasteiger partial charge is 0.340 e. The molecule has 142 valence electrons. The zero-order valence-corrected chi connectivity index (χ0v) is 16.6. The first kappa shape index (κ1) is 20.6. The molecular formula is C16H22ClN4O4P. The van der Waals surface area contributed by atoms with E-state index < -0.39 is 13.5 Å². The first-order valence-electron chi connectivity index (χ1n) is 8.28. The first-order valence-corrected chi connectivity index (χ1v) is 10.4. The second-order valence-corrected chi connectivity index (χ2v) is 7.62. The highest BCUT2D eigenvalue weighted by atomic mass is 35.5. The first-order chi connectivity index (χ1) is 12.4. The van der Waals surface area contributed by atoms with E-state index >= 15 is 0 Å². The lowest BCUT2D eigenvalue weighted by atomic mass is 10.4. The van der Waals surface area contributed by atoms with Crippen LogP contribution in [0.1, 0.15) is 20.8 Å². The van der Waals surface area contributed by atoms with Gasteiger partial charge in [0, 0.05) is 12.7 Å². The maximum Gasteiger partial charge on any atom is 0.340 e. The number of aromatic nitrogens is 3. The fraction of sp³-hybridized carbons (Fsp3) is 0.438. The molecule has 2 aromatic rings. The topological polar surface area (TPSA) is 86.6 Å². The van der Waals surface area contributed by atoms with Gasteiger partial charge in [-0.1, -0.05) is 11.6 Å². The van der Waals surface area contributed by atoms with Crippen LogP contribution in [0.2, 0.25) is 5.15 Å². The molecule has 0 aliphatic rings. The van der Waals surface area contributed by atoms with Crippen LogP contribution in [-0.4, -0.2) is 46.6 Å². The Morgan fingerprint density at radius 1 is 1.31 bits per heavy atom. The van der Waals surface area contributed by atoms with Crippen LogP contribution in [0.4, 0.5) is 5.69 Å². The van der Waals surface area contributed by atoms with Crippen molar-refractivity contribution >= 4 is 30.8 Å². The Morgan fingerprint density at radius 3 is 2.54 bits per heavy atom. The number of carbonyl (C=O) groups excluding carboxylic acids is 1. The third-order valence-electron chi connectivity index (χ3n) is 3.45. The molecule has 0 bridgehead atoms. The zero-order chi connectivity index (χ0) is 19.2. The van der Waals surface area contributed by atoms with Crippen molar-refractivity contribution in [3.63, 3.8) is 0 Å². The lowest BCUT2D eigenvalue weighted by Gasteiger charge is -2.22. The molecule has 0 radical (unpaired) electrons. The smallest absolute Gasteiger partial charge is 0.309 e. The minimum atomic E-state index is -3.50. The molecule has 2 heterocycles. The number of nitrogens with zero attached hydrogens (tertiary/aromatic N) is 4. The number of pyridine rings is 1. The van der Waals surface area contributed by atoms with Crippen LogP contribution in [0, 0.1) is 0 Å². The van der Waals surface area contributed by atoms with Gasteiger partial charge in [0.15, 0.2) is 5.15 Å². The SMILES string of the molecule is CCOP(=O)(CC(=O)N(CC)c1cn(-c2cccnc2)nc1Cl)OCC. The average Bonchev–Trinajstić information content (AvgIpc) is 2.98. The lowest BCUT2D eigenvalue weighted by molar-refractivity contribution is -0.116. The lowest BCUT2D eigenvalue weighted by Crippen LogP contribution is -2.33. The van der Waals surface area contributed by atoms with Crippen LogP contribution in [-0.2, 0) is 18.4 Å². The molecule has 2 rings (SSSR count). The monoisotopic (exact) mass is 400 g/mol. The molecule has 0 atom stereocenters. The summed E-state index contributed by atoms with van der Waals surface area (Å²) in [6, 6.07) is 3.59. The molecule has 0 saturated carbocycles. The van der Waals surface area contributed by atoms with E-state index in [4.69, 9.17) is 20.6 Å². The van der Waals surface area contributed by atoms with E-state index in [1.54, 1.807) is 45.4 Å². The summed E-state index contributed by atoms with van der Waals surface area (Å²) in [5, 5.41) is 4.38. The van der Waals surface area contributed by atoms with E-state index in [9.17, 15) is 9.36 Å². The Labute approximate surface area is 157 Å². The van der Waals surface area contributed by atoms with Crippen LogP contribution in [0.3, 0.4) is 0 Å². The van der Waals surface area contributed by atoms with Crippen molar-refractivity contribution in [2.24, 2.45) is 0 Å². The predicted molar refractivity (Wildman–Crippen MR) is 100 cm³/mol. The van der Waals surface area contributed by atoms with Crippen molar-refractivity contribution in [1.82, 2.24) is 14.8 Å². The summed E-state index contributed by atoms with van der Waals surface area (Å²) in [7, 11) is -3.50. The van der Waals surface area contributed by atoms with E-state index in [0.29, 0.717) is 17.9 Å². The van der Waals surface area contributed by atoms with Gasteiger partial charge in [0.1, 0.15) is 11.8 Å². The number of rotatable bonds is 9. The van der Waals surface area contributed by atoms with E-state index in [-0.39, 0.29) is 24.5 Å². The van der Waals surface area contributed by atoms with Crippen molar-refractivity contribution < 1.29 is 18.4 Å². The van der Waals surface area contributed by atoms with Crippen molar-refractivity contribution in [3.8, 4) is 5.69 Å². The summed E-state index contributed by atoms with van der Waals surface area (Å²) in [5.41, 5.74) is 1.13. The summed E-state index contributed by atoms with van der Waals surface area (Å²) in [6.07, 6.45) is 4.55. The minimum Gasteiger partial charge on any atom is -0.309 e. The zero-order valence-electron chi connectivity index (χ0n) is 15.0. The molecular weight excluding hydrogens is 379 g/mol. The van der Waals surface area contributed by atoms with Crippen molar-refractivity contribution in [2.75, 3.05) is 30.8 Å². The molecule has 0 aromatic carbocycles. The normalized spacial score (nSPS) is 11.5. The highest BCUT2D eigenvalue weighted by Crippen LogP contribution is 2.48. The molecule has 0 spiro atoms. The molecule has 8 nitrogen and oxygen atoms in total. The van der Waals surface area contributed by atoms with Crippen LogP contribution in [0.25, 0.3) is 5.69 Å². The van der Waals surface area contributed by atoms with Crippen LogP contribution < -0.4 is 4.90 Å². The Morgan fingerprint density at radius 2 is 2.00 bits per heavy atom. The fourth-order valence-corrected chi connectivity index (χ4v) is 4.18. The summed E-state index contributed by atoms with van der Waals surface area (Å²) < 4.78 is 24.6. The number of carbonyl (C=O) groups is 1. The van der Waals surface area contributed by atoms with Gasteiger partial charge in [0.2, 0.25) is 5.91 Å². The van der Waals surface area contributed by atoms with E-state index in [0.717, 1.165) is 0 Å². The standard InChI is InChI=1S/C16H22ClN4O4P/c1-4-20(15(22)12-26(23,24-5-2)25-6-3)14-11-21(19-16(14)17)13-8-7-9-18-10-13/h7-11H,4-6,12H2,1-3H3. The maximum atomic E-state index is 12.7. The third kappa shape index (κ3) is 4.92.